The zero-order valence-electron chi connectivity index (χ0n) is 107. The summed E-state index contributed by atoms with van der Waals surface area (Å²) >= 11 is 0. The Labute approximate surface area is 850 Å². The standard InChI is InChI=1S/C9H20.6C6H12.7C6H14.3C5H10.4C5H12.C4H10.C3H8.C2H6/c1-3-5-7-9-8-6-4-2;1-5-4-6(5,2)3;1-5-3-6(2)4-5;1-6(2)4-3-5-6;1-5-3-4-6(5)2;1-4-5(2)6(4)3;1-6-4-2-3-5-6;2*1-5-6(2,3)4;1-5(2)6(3)4;2*1-4-5-6(2)3;1-4-6(3)5-2;1-3-5-6-4-2;1-5(2)3-4-5;1-4-3-5(4)2;1-5-3-2-4-5;1-5(2,3)4;2*1-4-5(2)3;1-3-5-4-2;1-3-4-2;1-3-2;1-2/h3-9H2,1-2H3;5H,4H2,1-3H3;5-6H,3-4H2,1-2H3;3-5H2,1-2H3;5-6H,3-4H2,1-2H3;4-6H,1-3H3;6H,2-5H2,1H3;2*5H2,1-4H3;5-6H,1-4H3;3*6H,4-5H2,1-3H3;3-6H2,1-2H3;3-4H2,1-2H3;4-5H,3H2,1-2H3;5H,2-4H2,1H3;1-4H3;2*5H,4H2,1-3H3;3-5H2,1-2H3;3-4H2,1-2H3;3H2,1-2H3;1-2H3. The van der Waals surface area contributed by atoms with Gasteiger partial charge < -0.3 is 0 Å². The van der Waals surface area contributed by atoms with Crippen LogP contribution < -0.4 is 0 Å². The van der Waals surface area contributed by atoms with E-state index in [4.69, 9.17) is 0 Å². The van der Waals surface area contributed by atoms with Gasteiger partial charge in [0, 0.05) is 0 Å². The van der Waals surface area contributed by atoms with Crippen LogP contribution in [0.2, 0.25) is 0 Å². The minimum atomic E-state index is 0.500. The fourth-order valence-corrected chi connectivity index (χ4v) is 10.5. The van der Waals surface area contributed by atoms with Gasteiger partial charge >= 0.3 is 0 Å². The molecule has 131 heavy (non-hydrogen) atoms. The molecule has 0 saturated heterocycles. The van der Waals surface area contributed by atoms with E-state index in [1.54, 1.807) is 0 Å². The molecule has 5 atom stereocenters. The van der Waals surface area contributed by atoms with Gasteiger partial charge in [0.2, 0.25) is 0 Å². The SMILES string of the molecule is CC.CC(C)(C)C.CC(C)C(C)C.CC1(C)CC1.CC1(C)CCC1.CC1C(C)C1C.CC1CC(C)C1.CC1CC1(C)C.CC1CC1C.CC1CCC1.CC1CCC1C.CC1CCCC1.CCC.CCC(C)(C)C.CCC(C)(C)C.CCC(C)C.CCC(C)C.CCC(C)CC.CCCC.CCCC(C)C.CCCC(C)C.CCCCC.CCCCCC.CCCCCCCCC. The summed E-state index contributed by atoms with van der Waals surface area (Å²) in [6.45, 7) is 137. The van der Waals surface area contributed by atoms with Crippen LogP contribution in [0.3, 0.4) is 0 Å². The zero-order chi connectivity index (χ0) is 107. The molecule has 9 saturated carbocycles. The van der Waals surface area contributed by atoms with Crippen LogP contribution in [-0.2, 0) is 0 Å². The molecule has 0 N–H and O–H groups in total. The molecule has 0 amide bonds. The molecule has 816 valence electrons. The molecule has 0 nitrogen and oxygen atoms in total. The number of hydrogen-bond donors (Lipinski definition) is 0. The third kappa shape index (κ3) is 197. The van der Waals surface area contributed by atoms with E-state index in [1.807, 2.05) is 13.8 Å². The minimum absolute atomic E-state index is 0.500. The number of rotatable bonds is 21. The Kier molecular flexibility index (Phi) is 143. The van der Waals surface area contributed by atoms with E-state index in [-0.39, 0.29) is 0 Å². The number of unbranched alkanes of at least 4 members (excludes halogenated alkanes) is 12. The Balaban J connectivity index is -0.0000000827. The lowest BCUT2D eigenvalue weighted by atomic mass is 9.72. The third-order valence-electron chi connectivity index (χ3n) is 27.6. The monoisotopic (exact) mass is 1870 g/mol. The van der Waals surface area contributed by atoms with Gasteiger partial charge in [-0.15, -0.1) is 0 Å². The molecule has 0 heteroatoms. The molecule has 0 aromatic rings. The second-order valence-electron chi connectivity index (χ2n) is 51.9. The molecule has 9 aliphatic carbocycles. The molecule has 0 radical (unpaired) electrons. The summed E-state index contributed by atoms with van der Waals surface area (Å²) in [5.74, 6) is 18.6. The predicted octanol–water partition coefficient (Wildman–Crippen LogP) is 51.2. The van der Waals surface area contributed by atoms with E-state index in [1.165, 1.54) is 289 Å². The first-order chi connectivity index (χ1) is 60.2. The van der Waals surface area contributed by atoms with E-state index < -0.39 is 0 Å². The highest BCUT2D eigenvalue weighted by Crippen LogP contribution is 2.51. The summed E-state index contributed by atoms with van der Waals surface area (Å²) in [5, 5.41) is 0. The van der Waals surface area contributed by atoms with E-state index >= 15 is 0 Å². The van der Waals surface area contributed by atoms with Gasteiger partial charge in [-0.1, -0.05) is 660 Å². The summed E-state index contributed by atoms with van der Waals surface area (Å²) in [7, 11) is 0. The smallest absolute Gasteiger partial charge is 0.0326 e. The van der Waals surface area contributed by atoms with Crippen molar-refractivity contribution < 1.29 is 0 Å². The maximum atomic E-state index is 2.34. The van der Waals surface area contributed by atoms with Crippen LogP contribution in [0.15, 0.2) is 0 Å². The first-order valence-corrected chi connectivity index (χ1v) is 60.2. The summed E-state index contributed by atoms with van der Waals surface area (Å²) in [6, 6.07) is 0. The predicted molar refractivity (Wildman–Crippen MR) is 635 cm³/mol. The molecule has 5 unspecified atom stereocenters. The Bertz CT molecular complexity index is 1700. The van der Waals surface area contributed by atoms with Crippen LogP contribution in [0.5, 0.6) is 0 Å². The van der Waals surface area contributed by atoms with Crippen molar-refractivity contribution in [1.82, 2.24) is 0 Å². The van der Waals surface area contributed by atoms with Crippen molar-refractivity contribution in [1.29, 1.82) is 0 Å². The minimum Gasteiger partial charge on any atom is -0.0683 e. The van der Waals surface area contributed by atoms with Crippen LogP contribution in [-0.4, -0.2) is 0 Å². The molecular formula is C131H292. The van der Waals surface area contributed by atoms with Crippen LogP contribution >= 0.6 is 0 Å². The molecule has 0 heterocycles. The molecular weight excluding hydrogens is 1570 g/mol. The Morgan fingerprint density at radius 2 is 0.466 bits per heavy atom. The van der Waals surface area contributed by atoms with Gasteiger partial charge in [-0.05, 0) is 196 Å². The van der Waals surface area contributed by atoms with Gasteiger partial charge in [-0.2, -0.15) is 0 Å². The summed E-state index contributed by atoms with van der Waals surface area (Å²) in [4.78, 5) is 0. The van der Waals surface area contributed by atoms with Gasteiger partial charge in [0.15, 0.2) is 0 Å². The molecule has 9 aliphatic rings. The van der Waals surface area contributed by atoms with Crippen molar-refractivity contribution in [2.75, 3.05) is 0 Å². The van der Waals surface area contributed by atoms with Gasteiger partial charge in [0.05, 0.1) is 0 Å². The van der Waals surface area contributed by atoms with Gasteiger partial charge in [-0.25, -0.2) is 0 Å². The maximum absolute atomic E-state index is 2.34. The fourth-order valence-electron chi connectivity index (χ4n) is 10.5. The van der Waals surface area contributed by atoms with Crippen LogP contribution in [0.1, 0.15) is 711 Å². The van der Waals surface area contributed by atoms with Crippen LogP contribution in [0.25, 0.3) is 0 Å². The van der Waals surface area contributed by atoms with Crippen LogP contribution in [0, 0.1) is 145 Å². The van der Waals surface area contributed by atoms with E-state index in [2.05, 4.69) is 409 Å². The lowest BCUT2D eigenvalue weighted by molar-refractivity contribution is 0.190. The average molecular weight is 1870 g/mol. The Morgan fingerprint density at radius 3 is 0.504 bits per heavy atom. The first-order valence-electron chi connectivity index (χ1n) is 60.2. The lowest BCUT2D eigenvalue weighted by Gasteiger charge is -2.33. The highest BCUT2D eigenvalue weighted by atomic mass is 14.5. The fraction of sp³-hybridized carbons (Fsp3) is 1.00. The molecule has 9 fully saturated rings. The molecule has 0 aliphatic heterocycles. The summed E-state index contributed by atoms with van der Waals surface area (Å²) < 4.78 is 0. The van der Waals surface area contributed by atoms with E-state index in [0.717, 1.165) is 123 Å². The van der Waals surface area contributed by atoms with Crippen molar-refractivity contribution in [2.24, 2.45) is 145 Å². The molecule has 0 aromatic carbocycles. The molecule has 0 aromatic heterocycles. The largest absolute Gasteiger partial charge is 0.0683 e. The highest BCUT2D eigenvalue weighted by Gasteiger charge is 2.41. The number of hydrogen-bond acceptors (Lipinski definition) is 0. The van der Waals surface area contributed by atoms with Gasteiger partial charge in [0.1, 0.15) is 0 Å². The lowest BCUT2D eigenvalue weighted by Crippen LogP contribution is -2.20. The summed E-state index contributed by atoms with van der Waals surface area (Å²) in [5.41, 5.74) is 3.76. The van der Waals surface area contributed by atoms with Gasteiger partial charge in [0.25, 0.3) is 0 Å². The summed E-state index contributed by atoms with van der Waals surface area (Å²) in [6.07, 6.45) is 63.2. The normalized spacial score (nSPS) is 21.0. The van der Waals surface area contributed by atoms with Crippen LogP contribution in [0.4, 0.5) is 0 Å². The van der Waals surface area contributed by atoms with Crippen molar-refractivity contribution in [3.05, 3.63) is 0 Å². The molecule has 9 rings (SSSR count). The van der Waals surface area contributed by atoms with E-state index in [0.29, 0.717) is 21.7 Å². The van der Waals surface area contributed by atoms with Crippen molar-refractivity contribution in [2.45, 2.75) is 711 Å². The van der Waals surface area contributed by atoms with Crippen molar-refractivity contribution in [3.63, 3.8) is 0 Å². The average Bonchev–Trinajstić information content (AvgIpc) is 1.66. The topological polar surface area (TPSA) is 0 Å². The molecule has 0 spiro atoms. The van der Waals surface area contributed by atoms with E-state index in [9.17, 15) is 0 Å². The van der Waals surface area contributed by atoms with Gasteiger partial charge in [-0.3, -0.25) is 0 Å². The highest BCUT2D eigenvalue weighted by molar-refractivity contribution is 4.91. The van der Waals surface area contributed by atoms with Crippen molar-refractivity contribution in [3.8, 4) is 0 Å². The Hall–Kier alpha value is 0. The Morgan fingerprint density at radius 1 is 0.267 bits per heavy atom. The van der Waals surface area contributed by atoms with Crippen molar-refractivity contribution >= 4 is 0 Å². The zero-order valence-corrected chi connectivity index (χ0v) is 107. The second-order valence-corrected chi connectivity index (χ2v) is 51.9. The second kappa shape index (κ2) is 114. The first kappa shape index (κ1) is 165. The maximum Gasteiger partial charge on any atom is -0.0326 e. The third-order valence-corrected chi connectivity index (χ3v) is 27.6. The quantitative estimate of drug-likeness (QED) is 0.101. The molecule has 0 bridgehead atoms.